The smallest absolute Gasteiger partial charge is 0.115 e. The Morgan fingerprint density at radius 3 is 2.63 bits per heavy atom. The maximum atomic E-state index is 6.44. The third-order valence-corrected chi connectivity index (χ3v) is 5.91. The van der Waals surface area contributed by atoms with E-state index in [-0.39, 0.29) is 6.10 Å². The van der Waals surface area contributed by atoms with Gasteiger partial charge >= 0.3 is 0 Å². The molecule has 4 heteroatoms. The predicted octanol–water partition coefficient (Wildman–Crippen LogP) is 4.96. The molecule has 0 spiro atoms. The fourth-order valence-corrected chi connectivity index (χ4v) is 4.32. The summed E-state index contributed by atoms with van der Waals surface area (Å²) in [6, 6.07) is 23.8. The molecule has 3 aromatic carbocycles. The summed E-state index contributed by atoms with van der Waals surface area (Å²) in [5.41, 5.74) is 4.73. The van der Waals surface area contributed by atoms with Crippen molar-refractivity contribution in [2.75, 3.05) is 13.1 Å². The molecule has 4 nitrogen and oxygen atoms in total. The Bertz CT molecular complexity index is 1130. The predicted molar refractivity (Wildman–Crippen MR) is 120 cm³/mol. The van der Waals surface area contributed by atoms with Crippen molar-refractivity contribution in [2.24, 2.45) is 0 Å². The van der Waals surface area contributed by atoms with Crippen molar-refractivity contribution in [3.05, 3.63) is 96.6 Å². The van der Waals surface area contributed by atoms with Crippen LogP contribution >= 0.6 is 0 Å². The number of rotatable bonds is 5. The lowest BCUT2D eigenvalue weighted by molar-refractivity contribution is 0.0107. The SMILES string of the molecule is c1cc(-c2cncnc2)cc([C@H]2CCNC[C@@H]2OCc2ccc3ccccc3c2)c1. The molecule has 30 heavy (non-hydrogen) atoms. The highest BCUT2D eigenvalue weighted by Crippen LogP contribution is 2.31. The lowest BCUT2D eigenvalue weighted by atomic mass is 9.86. The van der Waals surface area contributed by atoms with E-state index in [9.17, 15) is 0 Å². The zero-order chi connectivity index (χ0) is 20.2. The largest absolute Gasteiger partial charge is 0.372 e. The summed E-state index contributed by atoms with van der Waals surface area (Å²) < 4.78 is 6.44. The van der Waals surface area contributed by atoms with E-state index in [0.29, 0.717) is 12.5 Å². The van der Waals surface area contributed by atoms with Crippen LogP contribution in [0.15, 0.2) is 85.5 Å². The topological polar surface area (TPSA) is 47.0 Å². The molecule has 1 saturated heterocycles. The van der Waals surface area contributed by atoms with Gasteiger partial charge in [-0.15, -0.1) is 0 Å². The Morgan fingerprint density at radius 1 is 0.867 bits per heavy atom. The minimum absolute atomic E-state index is 0.146. The second kappa shape index (κ2) is 8.74. The molecule has 1 N–H and O–H groups in total. The molecule has 0 aliphatic carbocycles. The number of benzene rings is 3. The minimum atomic E-state index is 0.146. The number of hydrogen-bond donors (Lipinski definition) is 1. The van der Waals surface area contributed by atoms with E-state index in [1.807, 2.05) is 12.4 Å². The molecule has 0 bridgehead atoms. The summed E-state index contributed by atoms with van der Waals surface area (Å²) in [5, 5.41) is 6.02. The zero-order valence-electron chi connectivity index (χ0n) is 16.9. The average molecular weight is 396 g/mol. The molecule has 1 aliphatic heterocycles. The highest BCUT2D eigenvalue weighted by molar-refractivity contribution is 5.82. The first kappa shape index (κ1) is 18.9. The Morgan fingerprint density at radius 2 is 1.73 bits per heavy atom. The van der Waals surface area contributed by atoms with Crippen LogP contribution in [0.1, 0.15) is 23.5 Å². The minimum Gasteiger partial charge on any atom is -0.372 e. The van der Waals surface area contributed by atoms with Gasteiger partial charge < -0.3 is 10.1 Å². The molecule has 0 saturated carbocycles. The lowest BCUT2D eigenvalue weighted by Gasteiger charge is -2.33. The van der Waals surface area contributed by atoms with Crippen LogP contribution in [0.25, 0.3) is 21.9 Å². The average Bonchev–Trinajstić information content (AvgIpc) is 2.83. The Labute approximate surface area is 177 Å². The van der Waals surface area contributed by atoms with Crippen molar-refractivity contribution >= 4 is 10.8 Å². The van der Waals surface area contributed by atoms with Gasteiger partial charge in [-0.1, -0.05) is 60.7 Å². The molecular weight excluding hydrogens is 370 g/mol. The van der Waals surface area contributed by atoms with Crippen molar-refractivity contribution in [3.63, 3.8) is 0 Å². The summed E-state index contributed by atoms with van der Waals surface area (Å²) in [4.78, 5) is 8.31. The molecule has 0 radical (unpaired) electrons. The van der Waals surface area contributed by atoms with Crippen LogP contribution < -0.4 is 5.32 Å². The molecule has 0 unspecified atom stereocenters. The Kier molecular flexibility index (Phi) is 5.51. The molecule has 2 heterocycles. The van der Waals surface area contributed by atoms with E-state index < -0.39 is 0 Å². The molecule has 1 aliphatic rings. The highest BCUT2D eigenvalue weighted by Gasteiger charge is 2.27. The van der Waals surface area contributed by atoms with Crippen LogP contribution in [0.2, 0.25) is 0 Å². The van der Waals surface area contributed by atoms with E-state index >= 15 is 0 Å². The molecule has 5 rings (SSSR count). The van der Waals surface area contributed by atoms with Crippen LogP contribution in [0.5, 0.6) is 0 Å². The van der Waals surface area contributed by atoms with E-state index in [2.05, 4.69) is 82.0 Å². The zero-order valence-corrected chi connectivity index (χ0v) is 16.9. The molecule has 4 aromatic rings. The first-order valence-electron chi connectivity index (χ1n) is 10.5. The number of piperidine rings is 1. The quantitative estimate of drug-likeness (QED) is 0.519. The third kappa shape index (κ3) is 4.11. The first-order chi connectivity index (χ1) is 14.9. The van der Waals surface area contributed by atoms with Gasteiger partial charge in [-0.3, -0.25) is 0 Å². The monoisotopic (exact) mass is 395 g/mol. The van der Waals surface area contributed by atoms with E-state index in [1.165, 1.54) is 21.9 Å². The number of ether oxygens (including phenoxy) is 1. The van der Waals surface area contributed by atoms with Gasteiger partial charge in [-0.25, -0.2) is 9.97 Å². The third-order valence-electron chi connectivity index (χ3n) is 5.91. The number of aromatic nitrogens is 2. The van der Waals surface area contributed by atoms with Crippen LogP contribution in [0.3, 0.4) is 0 Å². The molecule has 1 fully saturated rings. The Hall–Kier alpha value is -3.08. The fourth-order valence-electron chi connectivity index (χ4n) is 4.32. The second-order valence-electron chi connectivity index (χ2n) is 7.88. The van der Waals surface area contributed by atoms with Gasteiger partial charge in [0.15, 0.2) is 0 Å². The van der Waals surface area contributed by atoms with Crippen LogP contribution in [0, 0.1) is 0 Å². The van der Waals surface area contributed by atoms with Crippen LogP contribution in [-0.4, -0.2) is 29.2 Å². The summed E-state index contributed by atoms with van der Waals surface area (Å²) in [6.07, 6.45) is 6.51. The maximum Gasteiger partial charge on any atom is 0.115 e. The Balaban J connectivity index is 1.34. The number of fused-ring (bicyclic) bond motifs is 1. The molecule has 2 atom stereocenters. The molecule has 150 valence electrons. The summed E-state index contributed by atoms with van der Waals surface area (Å²) in [5.74, 6) is 0.372. The van der Waals surface area contributed by atoms with Crippen LogP contribution in [0.4, 0.5) is 0 Å². The molecule has 1 aromatic heterocycles. The van der Waals surface area contributed by atoms with E-state index in [1.54, 1.807) is 6.33 Å². The number of nitrogens with one attached hydrogen (secondary N) is 1. The van der Waals surface area contributed by atoms with Crippen molar-refractivity contribution in [1.82, 2.24) is 15.3 Å². The van der Waals surface area contributed by atoms with E-state index in [4.69, 9.17) is 4.74 Å². The van der Waals surface area contributed by atoms with Gasteiger partial charge in [-0.2, -0.15) is 0 Å². The first-order valence-corrected chi connectivity index (χ1v) is 10.5. The van der Waals surface area contributed by atoms with Crippen LogP contribution in [-0.2, 0) is 11.3 Å². The molecule has 0 amide bonds. The maximum absolute atomic E-state index is 6.44. The normalized spacial score (nSPS) is 19.1. The lowest BCUT2D eigenvalue weighted by Crippen LogP contribution is -2.41. The van der Waals surface area contributed by atoms with Crippen molar-refractivity contribution in [1.29, 1.82) is 0 Å². The van der Waals surface area contributed by atoms with Gasteiger partial charge in [0, 0.05) is 30.4 Å². The van der Waals surface area contributed by atoms with Crippen molar-refractivity contribution in [2.45, 2.75) is 25.0 Å². The summed E-state index contributed by atoms with van der Waals surface area (Å²) >= 11 is 0. The second-order valence-corrected chi connectivity index (χ2v) is 7.88. The summed E-state index contributed by atoms with van der Waals surface area (Å²) in [7, 11) is 0. The van der Waals surface area contributed by atoms with Crippen molar-refractivity contribution < 1.29 is 4.74 Å². The number of nitrogens with zero attached hydrogens (tertiary/aromatic N) is 2. The van der Waals surface area contributed by atoms with Gasteiger partial charge in [-0.05, 0) is 46.5 Å². The summed E-state index contributed by atoms with van der Waals surface area (Å²) in [6.45, 7) is 2.51. The van der Waals surface area contributed by atoms with Gasteiger partial charge in [0.1, 0.15) is 6.33 Å². The van der Waals surface area contributed by atoms with Gasteiger partial charge in [0.25, 0.3) is 0 Å². The van der Waals surface area contributed by atoms with Crippen molar-refractivity contribution in [3.8, 4) is 11.1 Å². The fraction of sp³-hybridized carbons (Fsp3) is 0.231. The van der Waals surface area contributed by atoms with E-state index in [0.717, 1.165) is 30.6 Å². The van der Waals surface area contributed by atoms with Gasteiger partial charge in [0.05, 0.1) is 12.7 Å². The molecular formula is C26H25N3O. The standard InChI is InChI=1S/C26H25N3O/c1-2-5-21-12-19(8-9-20(21)4-1)17-30-26-16-27-11-10-25(26)23-7-3-6-22(13-23)24-14-28-18-29-15-24/h1-9,12-15,18,25-27H,10-11,16-17H2/t25-,26+/m1/s1. The highest BCUT2D eigenvalue weighted by atomic mass is 16.5. The number of hydrogen-bond acceptors (Lipinski definition) is 4. The van der Waals surface area contributed by atoms with Gasteiger partial charge in [0.2, 0.25) is 0 Å².